The highest BCUT2D eigenvalue weighted by Gasteiger charge is 2.18. The third-order valence-corrected chi connectivity index (χ3v) is 5.09. The number of aromatic nitrogens is 1. The first kappa shape index (κ1) is 22.3. The van der Waals surface area contributed by atoms with Gasteiger partial charge in [0.1, 0.15) is 11.5 Å². The number of nitrogens with zero attached hydrogens (tertiary/aromatic N) is 2. The van der Waals surface area contributed by atoms with Gasteiger partial charge in [-0.2, -0.15) is 0 Å². The van der Waals surface area contributed by atoms with E-state index in [9.17, 15) is 4.79 Å². The van der Waals surface area contributed by atoms with Gasteiger partial charge in [-0.15, -0.1) is 0 Å². The fraction of sp³-hybridized carbons (Fsp3) is 0.280. The second-order valence-corrected chi connectivity index (χ2v) is 7.36. The van der Waals surface area contributed by atoms with Gasteiger partial charge in [0, 0.05) is 24.9 Å². The van der Waals surface area contributed by atoms with Gasteiger partial charge < -0.3 is 14.8 Å². The molecule has 0 unspecified atom stereocenters. The second-order valence-electron chi connectivity index (χ2n) is 7.36. The smallest absolute Gasteiger partial charge is 0.234 e. The molecule has 1 amide bonds. The zero-order valence-electron chi connectivity index (χ0n) is 18.2. The number of hydrogen-bond acceptors (Lipinski definition) is 5. The molecule has 6 heteroatoms. The van der Waals surface area contributed by atoms with Crippen molar-refractivity contribution in [3.05, 3.63) is 89.7 Å². The van der Waals surface area contributed by atoms with Crippen molar-refractivity contribution in [3.63, 3.8) is 0 Å². The van der Waals surface area contributed by atoms with E-state index in [1.54, 1.807) is 20.4 Å². The van der Waals surface area contributed by atoms with Gasteiger partial charge in [-0.25, -0.2) is 0 Å². The zero-order chi connectivity index (χ0) is 22.1. The summed E-state index contributed by atoms with van der Waals surface area (Å²) in [4.78, 5) is 19.2. The van der Waals surface area contributed by atoms with Crippen molar-refractivity contribution in [1.82, 2.24) is 15.2 Å². The lowest BCUT2D eigenvalue weighted by Crippen LogP contribution is -2.38. The van der Waals surface area contributed by atoms with Crippen LogP contribution in [0.15, 0.2) is 72.9 Å². The number of carbonyl (C=O) groups excluding carboxylic acids is 1. The number of benzene rings is 2. The minimum absolute atomic E-state index is 0.0415. The van der Waals surface area contributed by atoms with Gasteiger partial charge in [0.15, 0.2) is 0 Å². The highest BCUT2D eigenvalue weighted by molar-refractivity contribution is 5.79. The summed E-state index contributed by atoms with van der Waals surface area (Å²) in [6.07, 6.45) is 2.58. The predicted molar refractivity (Wildman–Crippen MR) is 121 cm³/mol. The van der Waals surface area contributed by atoms with Crippen molar-refractivity contribution in [2.24, 2.45) is 0 Å². The number of nitrogens with one attached hydrogen (secondary N) is 1. The molecule has 1 heterocycles. The fourth-order valence-electron chi connectivity index (χ4n) is 3.33. The van der Waals surface area contributed by atoms with Gasteiger partial charge in [-0.3, -0.25) is 14.7 Å². The Labute approximate surface area is 183 Å². The Bertz CT molecular complexity index is 897. The minimum Gasteiger partial charge on any atom is -0.497 e. The summed E-state index contributed by atoms with van der Waals surface area (Å²) in [5.41, 5.74) is 2.98. The van der Waals surface area contributed by atoms with Gasteiger partial charge in [0.2, 0.25) is 5.91 Å². The molecule has 0 fully saturated rings. The molecule has 3 rings (SSSR count). The van der Waals surface area contributed by atoms with Crippen molar-refractivity contribution in [2.75, 3.05) is 34.4 Å². The molecule has 0 aliphatic rings. The fourth-order valence-corrected chi connectivity index (χ4v) is 3.33. The molecular formula is C25H29N3O3. The van der Waals surface area contributed by atoms with Crippen LogP contribution in [-0.4, -0.2) is 50.1 Å². The summed E-state index contributed by atoms with van der Waals surface area (Å²) in [5.74, 6) is 1.51. The lowest BCUT2D eigenvalue weighted by atomic mass is 9.98. The summed E-state index contributed by atoms with van der Waals surface area (Å²) in [6.45, 7) is 1.05. The van der Waals surface area contributed by atoms with Gasteiger partial charge in [0.05, 0.1) is 26.8 Å². The first-order valence-corrected chi connectivity index (χ1v) is 10.2. The number of likely N-dealkylation sites (N-methyl/N-ethyl adjacent to an activating group) is 1. The van der Waals surface area contributed by atoms with E-state index in [1.165, 1.54) is 0 Å². The van der Waals surface area contributed by atoms with Crippen LogP contribution in [0.25, 0.3) is 0 Å². The van der Waals surface area contributed by atoms with E-state index in [0.29, 0.717) is 6.54 Å². The highest BCUT2D eigenvalue weighted by Crippen LogP contribution is 2.26. The van der Waals surface area contributed by atoms with Crippen LogP contribution in [-0.2, 0) is 11.2 Å². The van der Waals surface area contributed by atoms with Crippen molar-refractivity contribution in [2.45, 2.75) is 12.5 Å². The number of pyridine rings is 1. The molecule has 0 bridgehead atoms. The van der Waals surface area contributed by atoms with E-state index in [0.717, 1.165) is 41.3 Å². The van der Waals surface area contributed by atoms with Gasteiger partial charge in [0.25, 0.3) is 0 Å². The van der Waals surface area contributed by atoms with Crippen molar-refractivity contribution in [1.29, 1.82) is 0 Å². The van der Waals surface area contributed by atoms with Crippen molar-refractivity contribution in [3.8, 4) is 11.5 Å². The van der Waals surface area contributed by atoms with E-state index in [1.807, 2.05) is 78.7 Å². The molecule has 162 valence electrons. The van der Waals surface area contributed by atoms with E-state index in [-0.39, 0.29) is 11.9 Å². The SMILES string of the molecule is COc1ccc(C(NC(=O)CN(C)CCc2ccccn2)c2ccc(OC)cc2)cc1. The summed E-state index contributed by atoms with van der Waals surface area (Å²) >= 11 is 0. The first-order valence-electron chi connectivity index (χ1n) is 10.2. The Hall–Kier alpha value is -3.38. The summed E-state index contributed by atoms with van der Waals surface area (Å²) in [5, 5.41) is 3.18. The molecule has 6 nitrogen and oxygen atoms in total. The Morgan fingerprint density at radius 1 is 0.935 bits per heavy atom. The van der Waals surface area contributed by atoms with Crippen LogP contribution in [0.5, 0.6) is 11.5 Å². The molecule has 31 heavy (non-hydrogen) atoms. The maximum absolute atomic E-state index is 12.9. The molecule has 1 aromatic heterocycles. The van der Waals surface area contributed by atoms with Crippen LogP contribution < -0.4 is 14.8 Å². The maximum Gasteiger partial charge on any atom is 0.234 e. The average Bonchev–Trinajstić information content (AvgIpc) is 2.82. The Kier molecular flexibility index (Phi) is 8.01. The Balaban J connectivity index is 1.68. The van der Waals surface area contributed by atoms with Gasteiger partial charge in [-0.05, 0) is 54.6 Å². The molecule has 0 atom stereocenters. The zero-order valence-corrected chi connectivity index (χ0v) is 18.2. The quantitative estimate of drug-likeness (QED) is 0.545. The summed E-state index contributed by atoms with van der Waals surface area (Å²) in [6, 6.07) is 21.1. The maximum atomic E-state index is 12.9. The Morgan fingerprint density at radius 3 is 2.00 bits per heavy atom. The summed E-state index contributed by atoms with van der Waals surface area (Å²) in [7, 11) is 5.22. The molecule has 1 N–H and O–H groups in total. The number of ether oxygens (including phenoxy) is 2. The molecule has 0 aliphatic carbocycles. The molecule has 0 aliphatic heterocycles. The predicted octanol–water partition coefficient (Wildman–Crippen LogP) is 3.48. The third kappa shape index (κ3) is 6.55. The van der Waals surface area contributed by atoms with Crippen LogP contribution in [0, 0.1) is 0 Å². The van der Waals surface area contributed by atoms with Gasteiger partial charge in [-0.1, -0.05) is 30.3 Å². The molecule has 2 aromatic carbocycles. The van der Waals surface area contributed by atoms with E-state index >= 15 is 0 Å². The molecule has 3 aromatic rings. The number of methoxy groups -OCH3 is 2. The van der Waals surface area contributed by atoms with E-state index < -0.39 is 0 Å². The van der Waals surface area contributed by atoms with Crippen molar-refractivity contribution < 1.29 is 14.3 Å². The second kappa shape index (κ2) is 11.1. The van der Waals surface area contributed by atoms with E-state index in [4.69, 9.17) is 9.47 Å². The van der Waals surface area contributed by atoms with Crippen LogP contribution >= 0.6 is 0 Å². The largest absolute Gasteiger partial charge is 0.497 e. The minimum atomic E-state index is -0.270. The molecule has 0 radical (unpaired) electrons. The number of rotatable bonds is 10. The van der Waals surface area contributed by atoms with Crippen LogP contribution in [0.4, 0.5) is 0 Å². The average molecular weight is 420 g/mol. The van der Waals surface area contributed by atoms with Crippen LogP contribution in [0.1, 0.15) is 22.9 Å². The molecule has 0 spiro atoms. The third-order valence-electron chi connectivity index (χ3n) is 5.09. The van der Waals surface area contributed by atoms with Crippen molar-refractivity contribution >= 4 is 5.91 Å². The van der Waals surface area contributed by atoms with Crippen LogP contribution in [0.2, 0.25) is 0 Å². The molecular weight excluding hydrogens is 390 g/mol. The van der Waals surface area contributed by atoms with Crippen LogP contribution in [0.3, 0.4) is 0 Å². The Morgan fingerprint density at radius 2 is 1.52 bits per heavy atom. The lowest BCUT2D eigenvalue weighted by Gasteiger charge is -2.23. The van der Waals surface area contributed by atoms with Gasteiger partial charge >= 0.3 is 0 Å². The normalized spacial score (nSPS) is 10.9. The number of amides is 1. The highest BCUT2D eigenvalue weighted by atomic mass is 16.5. The molecule has 0 saturated heterocycles. The standard InChI is InChI=1S/C25H29N3O3/c1-28(17-15-21-6-4-5-16-26-21)18-24(29)27-25(19-7-11-22(30-2)12-8-19)20-9-13-23(31-3)14-10-20/h4-14,16,25H,15,17-18H2,1-3H3,(H,27,29). The molecule has 0 saturated carbocycles. The first-order chi connectivity index (χ1) is 15.1. The lowest BCUT2D eigenvalue weighted by molar-refractivity contribution is -0.122. The number of carbonyl (C=O) groups is 1. The van der Waals surface area contributed by atoms with E-state index in [2.05, 4.69) is 10.3 Å². The monoisotopic (exact) mass is 419 g/mol. The number of hydrogen-bond donors (Lipinski definition) is 1. The topological polar surface area (TPSA) is 63.7 Å². The summed E-state index contributed by atoms with van der Waals surface area (Å²) < 4.78 is 10.5.